The molecule has 12 nitrogen and oxygen atoms in total. The topological polar surface area (TPSA) is 132 Å². The Bertz CT molecular complexity index is 1700. The number of fused-ring (bicyclic) bond motifs is 1. The quantitative estimate of drug-likeness (QED) is 0.198. The fourth-order valence-corrected chi connectivity index (χ4v) is 5.94. The van der Waals surface area contributed by atoms with Gasteiger partial charge in [-0.25, -0.2) is 22.8 Å². The van der Waals surface area contributed by atoms with Crippen molar-refractivity contribution in [1.82, 2.24) is 18.9 Å². The molecule has 2 aromatic heterocycles. The molecule has 0 saturated carbocycles. The number of nitro benzene ring substituents is 1. The second-order valence-electron chi connectivity index (χ2n) is 10.0. The zero-order chi connectivity index (χ0) is 29.9. The second-order valence-corrected chi connectivity index (χ2v) is 13.4. The molecule has 1 unspecified atom stereocenters. The third kappa shape index (κ3) is 6.61. The molecule has 0 radical (unpaired) electrons. The van der Waals surface area contributed by atoms with Crippen LogP contribution in [0.1, 0.15) is 20.8 Å². The highest BCUT2D eigenvalue weighted by atomic mass is 32.8. The summed E-state index contributed by atoms with van der Waals surface area (Å²) >= 11 is 5.38. The summed E-state index contributed by atoms with van der Waals surface area (Å²) in [7, 11) is -0.353. The molecular formula is C27H30N6O6S2. The molecule has 0 spiro atoms. The van der Waals surface area contributed by atoms with E-state index in [0.29, 0.717) is 11.4 Å². The molecule has 0 aliphatic carbocycles. The van der Waals surface area contributed by atoms with Crippen LogP contribution in [0.4, 0.5) is 16.3 Å². The predicted octanol–water partition coefficient (Wildman–Crippen LogP) is 4.71. The van der Waals surface area contributed by atoms with Crippen molar-refractivity contribution < 1.29 is 23.4 Å². The summed E-state index contributed by atoms with van der Waals surface area (Å²) in [6.07, 6.45) is 2.67. The minimum atomic E-state index is -3.43. The van der Waals surface area contributed by atoms with Crippen LogP contribution in [-0.4, -0.2) is 67.0 Å². The summed E-state index contributed by atoms with van der Waals surface area (Å²) in [4.78, 5) is 30.3. The minimum absolute atomic E-state index is 0.00247. The van der Waals surface area contributed by atoms with E-state index in [2.05, 4.69) is 5.10 Å². The van der Waals surface area contributed by atoms with Gasteiger partial charge in [-0.05, 0) is 50.6 Å². The summed E-state index contributed by atoms with van der Waals surface area (Å²) in [5.74, 6) is 0.939. The van der Waals surface area contributed by atoms with Crippen LogP contribution in [0.25, 0.3) is 16.8 Å². The molecule has 4 rings (SSSR count). The molecule has 0 fully saturated rings. The van der Waals surface area contributed by atoms with Crippen LogP contribution in [0, 0.1) is 10.1 Å². The maximum atomic E-state index is 13.6. The second kappa shape index (κ2) is 11.8. The summed E-state index contributed by atoms with van der Waals surface area (Å²) in [5.41, 5.74) is 0.898. The van der Waals surface area contributed by atoms with Gasteiger partial charge in [-0.2, -0.15) is 5.10 Å². The highest BCUT2D eigenvalue weighted by molar-refractivity contribution is 8.31. The molecule has 4 aromatic rings. The Morgan fingerprint density at radius 3 is 2.56 bits per heavy atom. The van der Waals surface area contributed by atoms with Crippen molar-refractivity contribution >= 4 is 43.1 Å². The van der Waals surface area contributed by atoms with Gasteiger partial charge >= 0.3 is 6.09 Å². The molecule has 216 valence electrons. The predicted molar refractivity (Wildman–Crippen MR) is 158 cm³/mol. The molecule has 2 heterocycles. The first-order chi connectivity index (χ1) is 19.3. The number of carbonyl (C=O) groups is 1. The first-order valence-electron chi connectivity index (χ1n) is 12.5. The van der Waals surface area contributed by atoms with Gasteiger partial charge in [-0.15, -0.1) is 0 Å². The molecule has 1 atom stereocenters. The van der Waals surface area contributed by atoms with Gasteiger partial charge in [0.15, 0.2) is 5.65 Å². The average Bonchev–Trinajstić information content (AvgIpc) is 3.35. The van der Waals surface area contributed by atoms with Crippen molar-refractivity contribution in [2.24, 2.45) is 0 Å². The zero-order valence-electron chi connectivity index (χ0n) is 23.2. The van der Waals surface area contributed by atoms with Gasteiger partial charge in [0, 0.05) is 49.2 Å². The molecule has 0 N–H and O–H groups in total. The highest BCUT2D eigenvalue weighted by Crippen LogP contribution is 2.29. The van der Waals surface area contributed by atoms with Crippen LogP contribution in [-0.2, 0) is 24.6 Å². The Hall–Kier alpha value is -4.14. The van der Waals surface area contributed by atoms with E-state index >= 15 is 0 Å². The maximum absolute atomic E-state index is 13.6. The Morgan fingerprint density at radius 2 is 1.88 bits per heavy atom. The molecule has 14 heteroatoms. The van der Waals surface area contributed by atoms with E-state index in [1.165, 1.54) is 34.5 Å². The first kappa shape index (κ1) is 29.8. The van der Waals surface area contributed by atoms with E-state index in [1.54, 1.807) is 56.9 Å². The Labute approximate surface area is 242 Å². The number of methoxy groups -OCH3 is 1. The van der Waals surface area contributed by atoms with Gasteiger partial charge in [-0.3, -0.25) is 15.0 Å². The number of carbonyl (C=O) groups excluding carboxylic acids is 1. The SMILES string of the molecule is COc1cccc(-c2cnn3ccc(N(CCN(C)S(=O)(=S)c4ccccc4[N+](=O)[O-])C(=O)OC(C)(C)C)nc23)c1. The number of likely N-dealkylation sites (N-methyl/N-ethyl adjacent to an activating group) is 1. The van der Waals surface area contributed by atoms with Gasteiger partial charge < -0.3 is 9.47 Å². The van der Waals surface area contributed by atoms with E-state index in [9.17, 15) is 19.1 Å². The standard InChI is InChI=1S/C27H30N6O6S2/c1-27(2,3)39-26(34)31(16-15-30(4)41(37,40)23-12-7-6-11-22(23)33(35)36)24-13-14-32-25(29-24)21(18-28-32)19-9-8-10-20(17-19)38-5/h6-14,17-18H,15-16H2,1-5H3. The molecule has 0 aliphatic heterocycles. The lowest BCUT2D eigenvalue weighted by molar-refractivity contribution is -0.387. The van der Waals surface area contributed by atoms with E-state index in [1.807, 2.05) is 24.3 Å². The molecule has 1 amide bonds. The molecule has 0 aliphatic rings. The van der Waals surface area contributed by atoms with E-state index in [4.69, 9.17) is 25.6 Å². The number of nitro groups is 1. The van der Waals surface area contributed by atoms with Crippen molar-refractivity contribution in [2.75, 3.05) is 32.1 Å². The van der Waals surface area contributed by atoms with E-state index < -0.39 is 25.3 Å². The fraction of sp³-hybridized carbons (Fsp3) is 0.296. The number of rotatable bonds is 9. The molecule has 41 heavy (non-hydrogen) atoms. The lowest BCUT2D eigenvalue weighted by Gasteiger charge is -2.28. The van der Waals surface area contributed by atoms with Crippen LogP contribution in [0.5, 0.6) is 5.75 Å². The van der Waals surface area contributed by atoms with Crippen LogP contribution < -0.4 is 9.64 Å². The normalized spacial score (nSPS) is 13.1. The van der Waals surface area contributed by atoms with Crippen molar-refractivity contribution in [3.63, 3.8) is 0 Å². The number of hydrogen-bond donors (Lipinski definition) is 0. The average molecular weight is 599 g/mol. The lowest BCUT2D eigenvalue weighted by Crippen LogP contribution is -2.42. The molecule has 2 aromatic carbocycles. The fourth-order valence-electron chi connectivity index (χ4n) is 3.98. The Balaban J connectivity index is 1.69. The first-order valence-corrected chi connectivity index (χ1v) is 14.9. The van der Waals surface area contributed by atoms with Crippen molar-refractivity contribution in [1.29, 1.82) is 0 Å². The van der Waals surface area contributed by atoms with Crippen LogP contribution in [0.2, 0.25) is 0 Å². The van der Waals surface area contributed by atoms with Gasteiger partial charge in [0.25, 0.3) is 5.69 Å². The molecule has 0 bridgehead atoms. The number of nitrogens with zero attached hydrogens (tertiary/aromatic N) is 6. The minimum Gasteiger partial charge on any atom is -0.497 e. The van der Waals surface area contributed by atoms with Crippen molar-refractivity contribution in [2.45, 2.75) is 31.3 Å². The van der Waals surface area contributed by atoms with Crippen molar-refractivity contribution in [3.05, 3.63) is 77.1 Å². The number of aromatic nitrogens is 3. The number of ether oxygens (including phenoxy) is 2. The number of amides is 1. The van der Waals surface area contributed by atoms with Crippen LogP contribution >= 0.6 is 0 Å². The monoisotopic (exact) mass is 598 g/mol. The molecule has 0 saturated heterocycles. The van der Waals surface area contributed by atoms with Gasteiger partial charge in [0.2, 0.25) is 0 Å². The Kier molecular flexibility index (Phi) is 8.56. The number of benzene rings is 2. The molecular weight excluding hydrogens is 568 g/mol. The van der Waals surface area contributed by atoms with Crippen molar-refractivity contribution in [3.8, 4) is 16.9 Å². The van der Waals surface area contributed by atoms with Gasteiger partial charge in [0.1, 0.15) is 30.7 Å². The summed E-state index contributed by atoms with van der Waals surface area (Å²) in [6.45, 7) is 5.21. The largest absolute Gasteiger partial charge is 0.497 e. The van der Waals surface area contributed by atoms with Gasteiger partial charge in [0.05, 0.1) is 18.2 Å². The summed E-state index contributed by atoms with van der Waals surface area (Å²) < 4.78 is 27.5. The summed E-state index contributed by atoms with van der Waals surface area (Å²) in [6, 6.07) is 14.7. The number of hydrogen-bond acceptors (Lipinski definition) is 9. The van der Waals surface area contributed by atoms with Crippen LogP contribution in [0.15, 0.2) is 71.9 Å². The third-order valence-corrected chi connectivity index (χ3v) is 9.22. The zero-order valence-corrected chi connectivity index (χ0v) is 24.8. The lowest BCUT2D eigenvalue weighted by atomic mass is 10.1. The summed E-state index contributed by atoms with van der Waals surface area (Å²) in [5, 5.41) is 15.9. The maximum Gasteiger partial charge on any atom is 0.416 e. The third-order valence-electron chi connectivity index (χ3n) is 6.01. The van der Waals surface area contributed by atoms with E-state index in [0.717, 1.165) is 11.1 Å². The Morgan fingerprint density at radius 1 is 1.15 bits per heavy atom. The number of anilines is 1. The van der Waals surface area contributed by atoms with Crippen LogP contribution in [0.3, 0.4) is 0 Å². The van der Waals surface area contributed by atoms with Gasteiger partial charge in [-0.1, -0.05) is 24.3 Å². The number of para-hydroxylation sites is 1. The smallest absolute Gasteiger partial charge is 0.416 e. The highest BCUT2D eigenvalue weighted by Gasteiger charge is 2.29. The van der Waals surface area contributed by atoms with E-state index in [-0.39, 0.29) is 29.5 Å².